The number of carboxylic acid groups (broad SMARTS) is 1. The Morgan fingerprint density at radius 2 is 1.77 bits per heavy atom. The molecule has 2 atom stereocenters. The lowest BCUT2D eigenvalue weighted by Crippen LogP contribution is -2.48. The maximum atomic E-state index is 12.7. The normalized spacial score (nSPS) is 23.0. The molecule has 26 heavy (non-hydrogen) atoms. The van der Waals surface area contributed by atoms with Crippen molar-refractivity contribution in [3.8, 4) is 0 Å². The number of hydrogen-bond acceptors (Lipinski definition) is 4. The molecule has 0 bridgehead atoms. The van der Waals surface area contributed by atoms with Crippen LogP contribution in [0.4, 0.5) is 0 Å². The van der Waals surface area contributed by atoms with Crippen LogP contribution in [0.25, 0.3) is 0 Å². The van der Waals surface area contributed by atoms with Crippen LogP contribution in [0, 0.1) is 5.92 Å². The molecular weight excluding hydrogens is 348 g/mol. The highest BCUT2D eigenvalue weighted by atomic mass is 32.1. The van der Waals surface area contributed by atoms with Crippen LogP contribution in [-0.4, -0.2) is 53.0 Å². The number of carbonyl (C=O) groups excluding carboxylic acids is 1. The fourth-order valence-corrected chi connectivity index (χ4v) is 4.58. The number of aromatic carboxylic acids is 1. The van der Waals surface area contributed by atoms with Gasteiger partial charge in [0.1, 0.15) is 4.88 Å². The molecule has 6 heteroatoms. The highest BCUT2D eigenvalue weighted by Gasteiger charge is 2.45. The van der Waals surface area contributed by atoms with Crippen molar-refractivity contribution in [1.82, 2.24) is 9.80 Å². The molecule has 0 radical (unpaired) electrons. The molecule has 2 fully saturated rings. The number of thiophene rings is 1. The third-order valence-corrected chi connectivity index (χ3v) is 6.33. The second-order valence-corrected chi connectivity index (χ2v) is 8.20. The zero-order valence-corrected chi connectivity index (χ0v) is 15.3. The lowest BCUT2D eigenvalue weighted by molar-refractivity contribution is -0.134. The third-order valence-electron chi connectivity index (χ3n) is 5.27. The first kappa shape index (κ1) is 17.2. The Morgan fingerprint density at radius 3 is 2.42 bits per heavy atom. The lowest BCUT2D eigenvalue weighted by atomic mass is 10.1. The van der Waals surface area contributed by atoms with Crippen LogP contribution in [0.3, 0.4) is 0 Å². The Balaban J connectivity index is 1.27. The van der Waals surface area contributed by atoms with Gasteiger partial charge < -0.3 is 10.0 Å². The molecule has 136 valence electrons. The second kappa shape index (κ2) is 7.21. The minimum atomic E-state index is -0.867. The van der Waals surface area contributed by atoms with Gasteiger partial charge in [-0.2, -0.15) is 0 Å². The van der Waals surface area contributed by atoms with E-state index < -0.39 is 5.97 Å². The molecule has 1 aromatic carbocycles. The van der Waals surface area contributed by atoms with E-state index in [1.165, 1.54) is 16.9 Å². The molecule has 0 spiro atoms. The fraction of sp³-hybridized carbons (Fsp3) is 0.400. The van der Waals surface area contributed by atoms with E-state index in [9.17, 15) is 9.59 Å². The van der Waals surface area contributed by atoms with Crippen molar-refractivity contribution < 1.29 is 14.7 Å². The largest absolute Gasteiger partial charge is 0.477 e. The van der Waals surface area contributed by atoms with Crippen LogP contribution < -0.4 is 0 Å². The molecule has 2 aromatic rings. The molecule has 4 rings (SSSR count). The van der Waals surface area contributed by atoms with Crippen LogP contribution in [0.15, 0.2) is 42.5 Å². The summed E-state index contributed by atoms with van der Waals surface area (Å²) >= 11 is 1.33. The van der Waals surface area contributed by atoms with Crippen molar-refractivity contribution in [3.63, 3.8) is 0 Å². The average molecular weight is 370 g/mol. The van der Waals surface area contributed by atoms with Crippen molar-refractivity contribution in [2.75, 3.05) is 26.2 Å². The number of piperazine rings is 1. The summed E-state index contributed by atoms with van der Waals surface area (Å²) in [5.74, 6) is -0.0291. The Labute approximate surface area is 156 Å². The predicted molar refractivity (Wildman–Crippen MR) is 100 cm³/mol. The summed E-state index contributed by atoms with van der Waals surface area (Å²) in [5, 5.41) is 9.01. The molecule has 1 N–H and O–H groups in total. The number of rotatable bonds is 5. The van der Waals surface area contributed by atoms with Gasteiger partial charge in [0.2, 0.25) is 5.91 Å². The molecule has 1 aliphatic carbocycles. The van der Waals surface area contributed by atoms with Gasteiger partial charge in [-0.05, 0) is 30.0 Å². The zero-order valence-electron chi connectivity index (χ0n) is 14.5. The number of benzene rings is 1. The molecule has 2 heterocycles. The predicted octanol–water partition coefficient (Wildman–Crippen LogP) is 2.89. The Hall–Kier alpha value is -2.18. The number of nitrogens with zero attached hydrogens (tertiary/aromatic N) is 2. The molecule has 2 aliphatic rings. The van der Waals surface area contributed by atoms with E-state index in [-0.39, 0.29) is 5.92 Å². The first-order valence-corrected chi connectivity index (χ1v) is 9.81. The molecule has 1 saturated carbocycles. The van der Waals surface area contributed by atoms with Gasteiger partial charge in [0, 0.05) is 43.5 Å². The van der Waals surface area contributed by atoms with E-state index in [4.69, 9.17) is 5.11 Å². The Bertz CT molecular complexity index is 796. The maximum absolute atomic E-state index is 12.7. The van der Waals surface area contributed by atoms with Crippen molar-refractivity contribution in [1.29, 1.82) is 0 Å². The molecule has 1 amide bonds. The van der Waals surface area contributed by atoms with E-state index in [0.29, 0.717) is 16.7 Å². The van der Waals surface area contributed by atoms with Crippen LogP contribution in [-0.2, 0) is 11.3 Å². The first-order chi connectivity index (χ1) is 12.6. The van der Waals surface area contributed by atoms with Gasteiger partial charge in [-0.25, -0.2) is 4.79 Å². The number of hydrogen-bond donors (Lipinski definition) is 1. The Kier molecular flexibility index (Phi) is 4.78. The quantitative estimate of drug-likeness (QED) is 0.879. The Morgan fingerprint density at radius 1 is 1.04 bits per heavy atom. The molecular formula is C20H22N2O3S. The maximum Gasteiger partial charge on any atom is 0.345 e. The van der Waals surface area contributed by atoms with Crippen molar-refractivity contribution in [3.05, 3.63) is 57.8 Å². The van der Waals surface area contributed by atoms with E-state index >= 15 is 0 Å². The van der Waals surface area contributed by atoms with Gasteiger partial charge in [0.25, 0.3) is 0 Å². The molecule has 5 nitrogen and oxygen atoms in total. The minimum Gasteiger partial charge on any atom is -0.477 e. The summed E-state index contributed by atoms with van der Waals surface area (Å²) in [7, 11) is 0. The molecule has 1 aliphatic heterocycles. The molecule has 0 unspecified atom stereocenters. The fourth-order valence-electron chi connectivity index (χ4n) is 3.70. The summed E-state index contributed by atoms with van der Waals surface area (Å²) in [4.78, 5) is 29.5. The van der Waals surface area contributed by atoms with Crippen LogP contribution in [0.1, 0.15) is 32.5 Å². The average Bonchev–Trinajstić information content (AvgIpc) is 3.33. The summed E-state index contributed by atoms with van der Waals surface area (Å²) in [5.41, 5.74) is 1.27. The van der Waals surface area contributed by atoms with E-state index in [1.54, 1.807) is 6.07 Å². The highest BCUT2D eigenvalue weighted by Crippen LogP contribution is 2.48. The van der Waals surface area contributed by atoms with Crippen molar-refractivity contribution >= 4 is 23.2 Å². The van der Waals surface area contributed by atoms with Crippen LogP contribution in [0.5, 0.6) is 0 Å². The van der Waals surface area contributed by atoms with E-state index in [2.05, 4.69) is 17.0 Å². The van der Waals surface area contributed by atoms with Gasteiger partial charge in [-0.15, -0.1) is 11.3 Å². The summed E-state index contributed by atoms with van der Waals surface area (Å²) in [6.07, 6.45) is 0.968. The van der Waals surface area contributed by atoms with Crippen LogP contribution in [0.2, 0.25) is 0 Å². The summed E-state index contributed by atoms with van der Waals surface area (Å²) in [6, 6.07) is 13.9. The van der Waals surface area contributed by atoms with Crippen molar-refractivity contribution in [2.24, 2.45) is 5.92 Å². The van der Waals surface area contributed by atoms with Gasteiger partial charge in [0.15, 0.2) is 0 Å². The first-order valence-electron chi connectivity index (χ1n) is 9.00. The van der Waals surface area contributed by atoms with Gasteiger partial charge >= 0.3 is 5.97 Å². The summed E-state index contributed by atoms with van der Waals surface area (Å²) < 4.78 is 0. The SMILES string of the molecule is O=C(O)c1ccc(CN2CCN(C(=O)[C@@H]3C[C@H]3c3ccccc3)CC2)s1. The lowest BCUT2D eigenvalue weighted by Gasteiger charge is -2.34. The van der Waals surface area contributed by atoms with Gasteiger partial charge in [0.05, 0.1) is 0 Å². The molecule has 1 saturated heterocycles. The van der Waals surface area contributed by atoms with Gasteiger partial charge in [-0.3, -0.25) is 9.69 Å². The molecule has 1 aromatic heterocycles. The second-order valence-electron chi connectivity index (χ2n) is 7.03. The standard InChI is InChI=1S/C20H22N2O3S/c23-19(17-12-16(17)14-4-2-1-3-5-14)22-10-8-21(9-11-22)13-15-6-7-18(26-15)20(24)25/h1-7,16-17H,8-13H2,(H,24,25)/t16-,17+/m0/s1. The monoisotopic (exact) mass is 370 g/mol. The smallest absolute Gasteiger partial charge is 0.345 e. The minimum absolute atomic E-state index is 0.152. The topological polar surface area (TPSA) is 60.9 Å². The number of amides is 1. The van der Waals surface area contributed by atoms with Gasteiger partial charge in [-0.1, -0.05) is 30.3 Å². The third kappa shape index (κ3) is 3.66. The van der Waals surface area contributed by atoms with E-state index in [0.717, 1.165) is 44.0 Å². The van der Waals surface area contributed by atoms with Crippen LogP contribution >= 0.6 is 11.3 Å². The summed E-state index contributed by atoms with van der Waals surface area (Å²) in [6.45, 7) is 3.96. The van der Waals surface area contributed by atoms with E-state index in [1.807, 2.05) is 29.2 Å². The van der Waals surface area contributed by atoms with Crippen molar-refractivity contribution in [2.45, 2.75) is 18.9 Å². The number of carboxylic acids is 1. The zero-order chi connectivity index (χ0) is 18.1. The number of carbonyl (C=O) groups is 2. The highest BCUT2D eigenvalue weighted by molar-refractivity contribution is 7.13.